The number of halogens is 1. The van der Waals surface area contributed by atoms with Crippen molar-refractivity contribution in [2.24, 2.45) is 0 Å². The van der Waals surface area contributed by atoms with E-state index in [0.717, 1.165) is 5.56 Å². The fourth-order valence-electron chi connectivity index (χ4n) is 2.62. The van der Waals surface area contributed by atoms with Gasteiger partial charge in [-0.2, -0.15) is 0 Å². The number of aromatic amines is 1. The number of H-pyrrole nitrogens is 1. The molecule has 0 atom stereocenters. The molecule has 3 rings (SSSR count). The van der Waals surface area contributed by atoms with Gasteiger partial charge in [-0.25, -0.2) is 9.37 Å². The van der Waals surface area contributed by atoms with Crippen molar-refractivity contribution in [3.05, 3.63) is 87.1 Å². The predicted octanol–water partition coefficient (Wildman–Crippen LogP) is 4.00. The molecule has 0 saturated heterocycles. The van der Waals surface area contributed by atoms with Crippen LogP contribution in [-0.4, -0.2) is 15.9 Å². The quantitative estimate of drug-likeness (QED) is 0.487. The summed E-state index contributed by atoms with van der Waals surface area (Å²) in [5.74, 6) is -0.112. The van der Waals surface area contributed by atoms with Crippen molar-refractivity contribution in [2.45, 2.75) is 31.2 Å². The average Bonchev–Trinajstić information content (AvgIpc) is 2.67. The van der Waals surface area contributed by atoms with Gasteiger partial charge in [0, 0.05) is 22.7 Å². The van der Waals surface area contributed by atoms with Crippen LogP contribution >= 0.6 is 11.8 Å². The smallest absolute Gasteiger partial charge is 0.255 e. The molecule has 0 radical (unpaired) electrons. The Bertz CT molecular complexity index is 1050. The topological polar surface area (TPSA) is 74.8 Å². The fraction of sp³-hybridized carbons (Fsp3) is 0.190. The Balaban J connectivity index is 1.67. The molecule has 1 aromatic heterocycles. The van der Waals surface area contributed by atoms with Gasteiger partial charge in [0.15, 0.2) is 5.16 Å². The second-order valence-electron chi connectivity index (χ2n) is 6.40. The fourth-order valence-corrected chi connectivity index (χ4v) is 3.49. The van der Waals surface area contributed by atoms with Gasteiger partial charge in [-0.1, -0.05) is 48.2 Å². The number of amides is 1. The molecule has 0 aliphatic heterocycles. The molecular formula is C21H20FN3O2S. The van der Waals surface area contributed by atoms with Gasteiger partial charge in [-0.3, -0.25) is 9.59 Å². The van der Waals surface area contributed by atoms with Crippen LogP contribution in [0.3, 0.4) is 0 Å². The van der Waals surface area contributed by atoms with Gasteiger partial charge in [0.1, 0.15) is 5.82 Å². The second kappa shape index (κ2) is 8.84. The number of aryl methyl sites for hydroxylation is 2. The number of nitrogens with zero attached hydrogens (tertiary/aromatic N) is 1. The van der Waals surface area contributed by atoms with Crippen LogP contribution in [-0.2, 0) is 17.0 Å². The number of hydrogen-bond donors (Lipinski definition) is 2. The summed E-state index contributed by atoms with van der Waals surface area (Å²) in [4.78, 5) is 31.8. The highest BCUT2D eigenvalue weighted by Gasteiger charge is 2.14. The largest absolute Gasteiger partial charge is 0.326 e. The molecule has 5 nitrogen and oxygen atoms in total. The van der Waals surface area contributed by atoms with Crippen LogP contribution in [0, 0.1) is 19.7 Å². The van der Waals surface area contributed by atoms with E-state index in [9.17, 15) is 14.0 Å². The molecule has 0 spiro atoms. The maximum Gasteiger partial charge on any atom is 0.255 e. The van der Waals surface area contributed by atoms with E-state index in [2.05, 4.69) is 15.3 Å². The third-order valence-electron chi connectivity index (χ3n) is 4.21. The minimum atomic E-state index is -0.400. The number of carbonyl (C=O) groups excluding carboxylic acids is 1. The molecule has 1 amide bonds. The number of anilines is 1. The standard InChI is InChI=1S/C21H20FN3O2S/c1-13-8-9-16(10-18(13)22)24-19(26)11-17-14(2)23-21(25-20(17)27)28-12-15-6-4-3-5-7-15/h3-10H,11-12H2,1-2H3,(H,24,26)(H,23,25,27). The summed E-state index contributed by atoms with van der Waals surface area (Å²) in [7, 11) is 0. The molecule has 0 bridgehead atoms. The van der Waals surface area contributed by atoms with Crippen molar-refractivity contribution in [2.75, 3.05) is 5.32 Å². The first-order valence-corrected chi connectivity index (χ1v) is 9.73. The van der Waals surface area contributed by atoms with Crippen LogP contribution in [0.15, 0.2) is 58.5 Å². The van der Waals surface area contributed by atoms with E-state index in [-0.39, 0.29) is 12.0 Å². The number of rotatable bonds is 6. The van der Waals surface area contributed by atoms with E-state index < -0.39 is 11.7 Å². The van der Waals surface area contributed by atoms with Gasteiger partial charge >= 0.3 is 0 Å². The molecule has 1 heterocycles. The highest BCUT2D eigenvalue weighted by molar-refractivity contribution is 7.98. The monoisotopic (exact) mass is 397 g/mol. The molecule has 2 aromatic carbocycles. The number of nitrogens with one attached hydrogen (secondary N) is 2. The van der Waals surface area contributed by atoms with E-state index in [1.807, 2.05) is 30.3 Å². The summed E-state index contributed by atoms with van der Waals surface area (Å²) in [6.07, 6.45) is -0.132. The molecule has 2 N–H and O–H groups in total. The van der Waals surface area contributed by atoms with Gasteiger partial charge in [0.2, 0.25) is 5.91 Å². The minimum absolute atomic E-state index is 0.132. The van der Waals surface area contributed by atoms with Crippen LogP contribution < -0.4 is 10.9 Å². The lowest BCUT2D eigenvalue weighted by Gasteiger charge is -2.09. The first kappa shape index (κ1) is 19.8. The van der Waals surface area contributed by atoms with E-state index in [1.54, 1.807) is 26.0 Å². The van der Waals surface area contributed by atoms with Gasteiger partial charge in [-0.15, -0.1) is 0 Å². The molecular weight excluding hydrogens is 377 g/mol. The zero-order chi connectivity index (χ0) is 20.1. The maximum atomic E-state index is 13.6. The van der Waals surface area contributed by atoms with Crippen molar-refractivity contribution in [3.63, 3.8) is 0 Å². The SMILES string of the molecule is Cc1ccc(NC(=O)Cc2c(C)nc(SCc3ccccc3)[nH]c2=O)cc1F. The number of benzene rings is 2. The number of carbonyl (C=O) groups is 1. The Labute approximate surface area is 166 Å². The lowest BCUT2D eigenvalue weighted by molar-refractivity contribution is -0.115. The van der Waals surface area contributed by atoms with E-state index in [1.165, 1.54) is 17.8 Å². The average molecular weight is 397 g/mol. The Kier molecular flexibility index (Phi) is 6.26. The predicted molar refractivity (Wildman–Crippen MR) is 109 cm³/mol. The van der Waals surface area contributed by atoms with Crippen LogP contribution in [0.5, 0.6) is 0 Å². The summed E-state index contributed by atoms with van der Waals surface area (Å²) in [6.45, 7) is 3.35. The van der Waals surface area contributed by atoms with Gasteiger partial charge in [-0.05, 0) is 37.1 Å². The zero-order valence-electron chi connectivity index (χ0n) is 15.6. The first-order valence-electron chi connectivity index (χ1n) is 8.75. The van der Waals surface area contributed by atoms with Crippen LogP contribution in [0.4, 0.5) is 10.1 Å². The number of thioether (sulfide) groups is 1. The molecule has 28 heavy (non-hydrogen) atoms. The highest BCUT2D eigenvalue weighted by atomic mass is 32.2. The lowest BCUT2D eigenvalue weighted by Crippen LogP contribution is -2.23. The van der Waals surface area contributed by atoms with Gasteiger partial charge < -0.3 is 10.3 Å². The summed E-state index contributed by atoms with van der Waals surface area (Å²) in [6, 6.07) is 14.3. The third-order valence-corrected chi connectivity index (χ3v) is 5.16. The van der Waals surface area contributed by atoms with Crippen molar-refractivity contribution in [3.8, 4) is 0 Å². The summed E-state index contributed by atoms with van der Waals surface area (Å²) < 4.78 is 13.6. The van der Waals surface area contributed by atoms with Crippen molar-refractivity contribution in [1.29, 1.82) is 0 Å². The highest BCUT2D eigenvalue weighted by Crippen LogP contribution is 2.19. The van der Waals surface area contributed by atoms with E-state index >= 15 is 0 Å². The molecule has 0 unspecified atom stereocenters. The summed E-state index contributed by atoms with van der Waals surface area (Å²) in [5, 5.41) is 3.12. The zero-order valence-corrected chi connectivity index (χ0v) is 16.4. The van der Waals surface area contributed by atoms with Gasteiger partial charge in [0.05, 0.1) is 6.42 Å². The summed E-state index contributed by atoms with van der Waals surface area (Å²) >= 11 is 1.43. The lowest BCUT2D eigenvalue weighted by atomic mass is 10.1. The van der Waals surface area contributed by atoms with Crippen molar-refractivity contribution >= 4 is 23.4 Å². The molecule has 0 saturated carbocycles. The molecule has 0 fully saturated rings. The second-order valence-corrected chi connectivity index (χ2v) is 7.36. The Hall–Kier alpha value is -2.93. The number of hydrogen-bond acceptors (Lipinski definition) is 4. The van der Waals surface area contributed by atoms with E-state index in [4.69, 9.17) is 0 Å². The number of aromatic nitrogens is 2. The van der Waals surface area contributed by atoms with E-state index in [0.29, 0.717) is 33.4 Å². The maximum absolute atomic E-state index is 13.6. The van der Waals surface area contributed by atoms with Crippen molar-refractivity contribution in [1.82, 2.24) is 9.97 Å². The van der Waals surface area contributed by atoms with Crippen LogP contribution in [0.25, 0.3) is 0 Å². The minimum Gasteiger partial charge on any atom is -0.326 e. The molecule has 7 heteroatoms. The molecule has 0 aliphatic carbocycles. The normalized spacial score (nSPS) is 10.7. The molecule has 144 valence electrons. The van der Waals surface area contributed by atoms with Crippen molar-refractivity contribution < 1.29 is 9.18 Å². The third kappa shape index (κ3) is 5.07. The van der Waals surface area contributed by atoms with Gasteiger partial charge in [0.25, 0.3) is 5.56 Å². The Morgan fingerprint density at radius 1 is 1.18 bits per heavy atom. The molecule has 0 aliphatic rings. The Morgan fingerprint density at radius 3 is 2.61 bits per heavy atom. The van der Waals surface area contributed by atoms with Crippen LogP contribution in [0.1, 0.15) is 22.4 Å². The first-order chi connectivity index (χ1) is 13.4. The molecule has 3 aromatic rings. The Morgan fingerprint density at radius 2 is 1.93 bits per heavy atom. The summed E-state index contributed by atoms with van der Waals surface area (Å²) in [5.41, 5.74) is 2.44. The van der Waals surface area contributed by atoms with Crippen LogP contribution in [0.2, 0.25) is 0 Å².